The number of hydrogen-bond acceptors (Lipinski definition) is 6. The van der Waals surface area contributed by atoms with Gasteiger partial charge in [-0.25, -0.2) is 0 Å². The molecule has 3 aromatic rings. The van der Waals surface area contributed by atoms with E-state index in [1.54, 1.807) is 36.4 Å². The predicted octanol–water partition coefficient (Wildman–Crippen LogP) is 4.13. The summed E-state index contributed by atoms with van der Waals surface area (Å²) in [6.07, 6.45) is 0.762. The molecule has 0 aliphatic rings. The van der Waals surface area contributed by atoms with Crippen LogP contribution in [0.2, 0.25) is 0 Å². The van der Waals surface area contributed by atoms with Gasteiger partial charge in [0.1, 0.15) is 17.3 Å². The summed E-state index contributed by atoms with van der Waals surface area (Å²) in [5, 5.41) is 9.56. The van der Waals surface area contributed by atoms with E-state index in [0.717, 1.165) is 11.3 Å². The molecule has 0 saturated heterocycles. The van der Waals surface area contributed by atoms with Crippen molar-refractivity contribution in [3.8, 4) is 11.5 Å². The van der Waals surface area contributed by atoms with E-state index in [1.807, 2.05) is 19.9 Å². The van der Waals surface area contributed by atoms with Crippen molar-refractivity contribution < 1.29 is 23.6 Å². The van der Waals surface area contributed by atoms with E-state index in [2.05, 4.69) is 15.8 Å². The van der Waals surface area contributed by atoms with E-state index in [9.17, 15) is 9.59 Å². The zero-order chi connectivity index (χ0) is 22.4. The summed E-state index contributed by atoms with van der Waals surface area (Å²) in [6.45, 7) is 3.67. The van der Waals surface area contributed by atoms with Gasteiger partial charge in [0.2, 0.25) is 5.91 Å². The molecule has 2 aromatic carbocycles. The van der Waals surface area contributed by atoms with Gasteiger partial charge in [-0.05, 0) is 32.4 Å². The van der Waals surface area contributed by atoms with Gasteiger partial charge in [0.25, 0.3) is 5.91 Å². The number of nitrogens with zero attached hydrogens (tertiary/aromatic N) is 1. The Hall–Kier alpha value is -3.81. The number of benzene rings is 2. The smallest absolute Gasteiger partial charge is 0.255 e. The van der Waals surface area contributed by atoms with Crippen molar-refractivity contribution in [1.82, 2.24) is 5.16 Å². The molecule has 0 aliphatic carbocycles. The Morgan fingerprint density at radius 2 is 1.58 bits per heavy atom. The van der Waals surface area contributed by atoms with Crippen LogP contribution in [0.3, 0.4) is 0 Å². The van der Waals surface area contributed by atoms with E-state index >= 15 is 0 Å². The quantitative estimate of drug-likeness (QED) is 0.565. The van der Waals surface area contributed by atoms with Crippen molar-refractivity contribution in [2.45, 2.75) is 26.7 Å². The molecule has 0 radical (unpaired) electrons. The third-order valence-corrected chi connectivity index (χ3v) is 4.86. The lowest BCUT2D eigenvalue weighted by atomic mass is 10.1. The molecule has 0 aliphatic heterocycles. The molecule has 8 heteroatoms. The molecule has 1 aromatic heterocycles. The second-order valence-corrected chi connectivity index (χ2v) is 6.92. The summed E-state index contributed by atoms with van der Waals surface area (Å²) in [5.41, 5.74) is 3.10. The molecule has 8 nitrogen and oxygen atoms in total. The molecule has 0 unspecified atom stereocenters. The minimum Gasteiger partial charge on any atom is -0.494 e. The molecule has 0 bridgehead atoms. The minimum atomic E-state index is -0.280. The number of amides is 2. The topological polar surface area (TPSA) is 103 Å². The van der Waals surface area contributed by atoms with Gasteiger partial charge in [-0.2, -0.15) is 0 Å². The van der Waals surface area contributed by atoms with Gasteiger partial charge in [0.15, 0.2) is 0 Å². The number of hydrogen-bond donors (Lipinski definition) is 2. The Morgan fingerprint density at radius 3 is 2.13 bits per heavy atom. The maximum absolute atomic E-state index is 12.5. The summed E-state index contributed by atoms with van der Waals surface area (Å²) in [5.74, 6) is 1.03. The number of ether oxygens (including phenoxy) is 2. The molecule has 1 heterocycles. The number of anilines is 2. The average molecular weight is 423 g/mol. The highest BCUT2D eigenvalue weighted by atomic mass is 16.5. The van der Waals surface area contributed by atoms with E-state index in [1.165, 1.54) is 14.2 Å². The monoisotopic (exact) mass is 423 g/mol. The van der Waals surface area contributed by atoms with Crippen LogP contribution in [0.1, 0.15) is 33.8 Å². The van der Waals surface area contributed by atoms with Crippen LogP contribution in [-0.2, 0) is 11.2 Å². The SMILES string of the molecule is COc1cc(NC(=O)c2ccccc2)c(OC)cc1NC(=O)CCc1c(C)noc1C. The highest BCUT2D eigenvalue weighted by Gasteiger charge is 2.17. The molecule has 2 amide bonds. The molecule has 0 fully saturated rings. The van der Waals surface area contributed by atoms with E-state index < -0.39 is 0 Å². The van der Waals surface area contributed by atoms with Crippen molar-refractivity contribution >= 4 is 23.2 Å². The molecule has 3 rings (SSSR count). The summed E-state index contributed by atoms with van der Waals surface area (Å²) < 4.78 is 16.0. The summed E-state index contributed by atoms with van der Waals surface area (Å²) in [4.78, 5) is 25.0. The first-order chi connectivity index (χ1) is 14.9. The number of carbonyl (C=O) groups excluding carboxylic acids is 2. The lowest BCUT2D eigenvalue weighted by Gasteiger charge is -2.16. The Balaban J connectivity index is 1.75. The minimum absolute atomic E-state index is 0.193. The molecular formula is C23H25N3O5. The fourth-order valence-electron chi connectivity index (χ4n) is 3.19. The van der Waals surface area contributed by atoms with Crippen molar-refractivity contribution in [3.63, 3.8) is 0 Å². The molecule has 162 valence electrons. The van der Waals surface area contributed by atoms with Gasteiger partial charge in [0.05, 0.1) is 31.3 Å². The standard InChI is InChI=1S/C23H25N3O5/c1-14-17(15(2)31-26-14)10-11-22(27)24-18-12-21(30-4)19(13-20(18)29-3)25-23(28)16-8-6-5-7-9-16/h5-9,12-13H,10-11H2,1-4H3,(H,24,27)(H,25,28). The Kier molecular flexibility index (Phi) is 6.92. The molecule has 0 atom stereocenters. The zero-order valence-corrected chi connectivity index (χ0v) is 17.9. The zero-order valence-electron chi connectivity index (χ0n) is 17.9. The van der Waals surface area contributed by atoms with Gasteiger partial charge in [0, 0.05) is 29.7 Å². The Labute approximate surface area is 180 Å². The summed E-state index contributed by atoms with van der Waals surface area (Å²) in [6, 6.07) is 12.1. The van der Waals surface area contributed by atoms with Gasteiger partial charge in [-0.1, -0.05) is 23.4 Å². The predicted molar refractivity (Wildman–Crippen MR) is 117 cm³/mol. The molecule has 2 N–H and O–H groups in total. The maximum atomic E-state index is 12.5. The number of nitrogens with one attached hydrogen (secondary N) is 2. The van der Waals surface area contributed by atoms with Gasteiger partial charge in [-0.3, -0.25) is 9.59 Å². The van der Waals surface area contributed by atoms with Crippen LogP contribution in [0.25, 0.3) is 0 Å². The van der Waals surface area contributed by atoms with E-state index in [-0.39, 0.29) is 18.2 Å². The number of carbonyl (C=O) groups is 2. The fraction of sp³-hybridized carbons (Fsp3) is 0.261. The summed E-state index contributed by atoms with van der Waals surface area (Å²) >= 11 is 0. The lowest BCUT2D eigenvalue weighted by Crippen LogP contribution is -2.15. The van der Waals surface area contributed by atoms with Crippen LogP contribution in [0.15, 0.2) is 47.0 Å². The van der Waals surface area contributed by atoms with Crippen LogP contribution in [0.4, 0.5) is 11.4 Å². The van der Waals surface area contributed by atoms with Gasteiger partial charge in [-0.15, -0.1) is 0 Å². The first-order valence-corrected chi connectivity index (χ1v) is 9.77. The number of rotatable bonds is 8. The Bertz CT molecular complexity index is 1060. The van der Waals surface area contributed by atoms with Crippen LogP contribution in [0, 0.1) is 13.8 Å². The molecule has 0 saturated carbocycles. The normalized spacial score (nSPS) is 10.5. The fourth-order valence-corrected chi connectivity index (χ4v) is 3.19. The van der Waals surface area contributed by atoms with E-state index in [4.69, 9.17) is 14.0 Å². The average Bonchev–Trinajstić information content (AvgIpc) is 3.10. The van der Waals surface area contributed by atoms with Crippen LogP contribution in [0.5, 0.6) is 11.5 Å². The second kappa shape index (κ2) is 9.80. The summed E-state index contributed by atoms with van der Waals surface area (Å²) in [7, 11) is 2.98. The Morgan fingerprint density at radius 1 is 0.968 bits per heavy atom. The van der Waals surface area contributed by atoms with Crippen molar-refractivity contribution in [2.24, 2.45) is 0 Å². The highest BCUT2D eigenvalue weighted by Crippen LogP contribution is 2.36. The van der Waals surface area contributed by atoms with Crippen LogP contribution >= 0.6 is 0 Å². The van der Waals surface area contributed by atoms with Crippen LogP contribution in [-0.4, -0.2) is 31.2 Å². The molecule has 0 spiro atoms. The number of aryl methyl sites for hydroxylation is 2. The third-order valence-electron chi connectivity index (χ3n) is 4.86. The largest absolute Gasteiger partial charge is 0.494 e. The van der Waals surface area contributed by atoms with Gasteiger partial charge < -0.3 is 24.6 Å². The lowest BCUT2D eigenvalue weighted by molar-refractivity contribution is -0.116. The van der Waals surface area contributed by atoms with E-state index in [0.29, 0.717) is 40.6 Å². The molecular weight excluding hydrogens is 398 g/mol. The molecule has 31 heavy (non-hydrogen) atoms. The first-order valence-electron chi connectivity index (χ1n) is 9.77. The van der Waals surface area contributed by atoms with Crippen molar-refractivity contribution in [3.05, 3.63) is 65.0 Å². The number of aromatic nitrogens is 1. The second-order valence-electron chi connectivity index (χ2n) is 6.92. The van der Waals surface area contributed by atoms with Gasteiger partial charge >= 0.3 is 0 Å². The number of methoxy groups -OCH3 is 2. The van der Waals surface area contributed by atoms with Crippen LogP contribution < -0.4 is 20.1 Å². The van der Waals surface area contributed by atoms with Crippen molar-refractivity contribution in [1.29, 1.82) is 0 Å². The first kappa shape index (κ1) is 21.9. The maximum Gasteiger partial charge on any atom is 0.255 e. The van der Waals surface area contributed by atoms with Crippen molar-refractivity contribution in [2.75, 3.05) is 24.9 Å². The third kappa shape index (κ3) is 5.22. The highest BCUT2D eigenvalue weighted by molar-refractivity contribution is 6.05.